The topological polar surface area (TPSA) is 58.2 Å². The number of nitrogens with one attached hydrogen (secondary N) is 2. The smallest absolute Gasteiger partial charge is 0.241 e. The Morgan fingerprint density at radius 2 is 2.19 bits per heavy atom. The Hall–Kier alpha value is -0.630. The lowest BCUT2D eigenvalue weighted by atomic mass is 10.2. The minimum atomic E-state index is -3.68. The van der Waals surface area contributed by atoms with Crippen molar-refractivity contribution in [3.05, 3.63) is 29.6 Å². The molecule has 21 heavy (non-hydrogen) atoms. The van der Waals surface area contributed by atoms with E-state index >= 15 is 0 Å². The third-order valence-electron chi connectivity index (χ3n) is 3.46. The lowest BCUT2D eigenvalue weighted by molar-refractivity contribution is 0.568. The molecule has 1 aromatic rings. The number of sulfonamides is 1. The van der Waals surface area contributed by atoms with Crippen molar-refractivity contribution in [1.82, 2.24) is 10.0 Å². The van der Waals surface area contributed by atoms with E-state index in [2.05, 4.69) is 10.0 Å². The summed E-state index contributed by atoms with van der Waals surface area (Å²) in [6, 6.07) is 3.88. The van der Waals surface area contributed by atoms with E-state index < -0.39 is 15.8 Å². The molecule has 2 rings (SSSR count). The first-order valence-corrected chi connectivity index (χ1v) is 9.60. The summed E-state index contributed by atoms with van der Waals surface area (Å²) in [4.78, 5) is 0.0256. The first kappa shape index (κ1) is 16.7. The van der Waals surface area contributed by atoms with E-state index in [1.165, 1.54) is 18.6 Å². The van der Waals surface area contributed by atoms with Crippen LogP contribution in [0.3, 0.4) is 0 Å². The molecule has 1 aromatic carbocycles. The minimum absolute atomic E-state index is 0.0256. The number of halogens is 1. The average molecular weight is 332 g/mol. The first-order chi connectivity index (χ1) is 10.0. The van der Waals surface area contributed by atoms with Gasteiger partial charge < -0.3 is 5.32 Å². The van der Waals surface area contributed by atoms with E-state index in [1.807, 2.05) is 0 Å². The van der Waals surface area contributed by atoms with E-state index in [0.717, 1.165) is 24.7 Å². The van der Waals surface area contributed by atoms with Gasteiger partial charge in [-0.3, -0.25) is 0 Å². The predicted molar refractivity (Wildman–Crippen MR) is 84.4 cm³/mol. The van der Waals surface area contributed by atoms with E-state index in [9.17, 15) is 12.8 Å². The van der Waals surface area contributed by atoms with Gasteiger partial charge in [0.15, 0.2) is 0 Å². The molecule has 0 amide bonds. The molecule has 2 N–H and O–H groups in total. The lowest BCUT2D eigenvalue weighted by Gasteiger charge is -2.21. The van der Waals surface area contributed by atoms with Crippen LogP contribution in [0.2, 0.25) is 0 Å². The van der Waals surface area contributed by atoms with Crippen molar-refractivity contribution in [3.8, 4) is 0 Å². The van der Waals surface area contributed by atoms with Gasteiger partial charge in [0.05, 0.1) is 4.90 Å². The van der Waals surface area contributed by atoms with Crippen molar-refractivity contribution in [2.45, 2.75) is 36.0 Å². The van der Waals surface area contributed by atoms with Crippen LogP contribution in [0, 0.1) is 5.82 Å². The maximum Gasteiger partial charge on any atom is 0.241 e. The highest BCUT2D eigenvalue weighted by atomic mass is 32.2. The molecular formula is C14H21FN2O2S2. The van der Waals surface area contributed by atoms with Gasteiger partial charge in [-0.1, -0.05) is 12.5 Å². The summed E-state index contributed by atoms with van der Waals surface area (Å²) < 4.78 is 40.8. The highest BCUT2D eigenvalue weighted by molar-refractivity contribution is 8.00. The standard InChI is InChI=1S/C14H21FN2O2S2/c1-16-9-11-5-6-12(15)8-14(11)21(18,19)17-10-13-4-2-3-7-20-13/h5-6,8,13,16-17H,2-4,7,9-10H2,1H3. The summed E-state index contributed by atoms with van der Waals surface area (Å²) in [6.07, 6.45) is 3.37. The van der Waals surface area contributed by atoms with E-state index in [1.54, 1.807) is 18.8 Å². The van der Waals surface area contributed by atoms with Crippen LogP contribution in [0.4, 0.5) is 4.39 Å². The Morgan fingerprint density at radius 3 is 2.86 bits per heavy atom. The Morgan fingerprint density at radius 1 is 1.38 bits per heavy atom. The van der Waals surface area contributed by atoms with Crippen molar-refractivity contribution in [2.24, 2.45) is 0 Å². The molecule has 1 aliphatic heterocycles. The fourth-order valence-electron chi connectivity index (χ4n) is 2.36. The third kappa shape index (κ3) is 4.67. The van der Waals surface area contributed by atoms with Gasteiger partial charge in [-0.05, 0) is 43.3 Å². The van der Waals surface area contributed by atoms with Gasteiger partial charge in [0.2, 0.25) is 10.0 Å². The molecule has 1 saturated heterocycles. The zero-order valence-corrected chi connectivity index (χ0v) is 13.7. The summed E-state index contributed by atoms with van der Waals surface area (Å²) >= 11 is 1.80. The summed E-state index contributed by atoms with van der Waals surface area (Å²) in [6.45, 7) is 0.789. The van der Waals surface area contributed by atoms with Crippen LogP contribution < -0.4 is 10.0 Å². The lowest BCUT2D eigenvalue weighted by Crippen LogP contribution is -2.32. The molecule has 7 heteroatoms. The zero-order chi connectivity index (χ0) is 15.3. The molecule has 0 radical (unpaired) electrons. The summed E-state index contributed by atoms with van der Waals surface area (Å²) in [5.41, 5.74) is 0.572. The van der Waals surface area contributed by atoms with Crippen molar-refractivity contribution >= 4 is 21.8 Å². The SMILES string of the molecule is CNCc1ccc(F)cc1S(=O)(=O)NCC1CCCCS1. The second kappa shape index (κ2) is 7.58. The van der Waals surface area contributed by atoms with E-state index in [0.29, 0.717) is 23.9 Å². The summed E-state index contributed by atoms with van der Waals surface area (Å²) in [7, 11) is -1.95. The Labute approximate surface area is 129 Å². The molecule has 118 valence electrons. The summed E-state index contributed by atoms with van der Waals surface area (Å²) in [5.74, 6) is 0.541. The van der Waals surface area contributed by atoms with Crippen molar-refractivity contribution in [3.63, 3.8) is 0 Å². The molecular weight excluding hydrogens is 311 g/mol. The molecule has 4 nitrogen and oxygen atoms in total. The maximum absolute atomic E-state index is 13.4. The molecule has 0 saturated carbocycles. The largest absolute Gasteiger partial charge is 0.316 e. The molecule has 0 aromatic heterocycles. The number of hydrogen-bond acceptors (Lipinski definition) is 4. The maximum atomic E-state index is 13.4. The van der Waals surface area contributed by atoms with Crippen molar-refractivity contribution in [1.29, 1.82) is 0 Å². The van der Waals surface area contributed by atoms with E-state index in [4.69, 9.17) is 0 Å². The van der Waals surface area contributed by atoms with Crippen LogP contribution in [0.25, 0.3) is 0 Å². The first-order valence-electron chi connectivity index (χ1n) is 7.07. The molecule has 1 fully saturated rings. The highest BCUT2D eigenvalue weighted by Crippen LogP contribution is 2.25. The Bertz CT molecular complexity index is 572. The highest BCUT2D eigenvalue weighted by Gasteiger charge is 2.22. The van der Waals surface area contributed by atoms with Gasteiger partial charge in [-0.25, -0.2) is 17.5 Å². The van der Waals surface area contributed by atoms with Gasteiger partial charge in [-0.15, -0.1) is 0 Å². The second-order valence-corrected chi connectivity index (χ2v) is 8.27. The summed E-state index contributed by atoms with van der Waals surface area (Å²) in [5, 5.41) is 3.22. The minimum Gasteiger partial charge on any atom is -0.316 e. The van der Waals surface area contributed by atoms with E-state index in [-0.39, 0.29) is 4.90 Å². The fraction of sp³-hybridized carbons (Fsp3) is 0.571. The van der Waals surface area contributed by atoms with Crippen LogP contribution in [0.5, 0.6) is 0 Å². The van der Waals surface area contributed by atoms with Crippen LogP contribution in [0.15, 0.2) is 23.1 Å². The second-order valence-electron chi connectivity index (χ2n) is 5.12. The molecule has 0 spiro atoms. The molecule has 1 heterocycles. The number of rotatable bonds is 6. The van der Waals surface area contributed by atoms with Crippen LogP contribution in [0.1, 0.15) is 24.8 Å². The van der Waals surface area contributed by atoms with Crippen LogP contribution >= 0.6 is 11.8 Å². The van der Waals surface area contributed by atoms with Gasteiger partial charge in [0, 0.05) is 18.3 Å². The normalized spacial score (nSPS) is 19.6. The number of hydrogen-bond donors (Lipinski definition) is 2. The average Bonchev–Trinajstić information content (AvgIpc) is 2.48. The zero-order valence-electron chi connectivity index (χ0n) is 12.1. The Kier molecular flexibility index (Phi) is 6.04. The molecule has 0 bridgehead atoms. The van der Waals surface area contributed by atoms with Gasteiger partial charge >= 0.3 is 0 Å². The number of benzene rings is 1. The monoisotopic (exact) mass is 332 g/mol. The van der Waals surface area contributed by atoms with Crippen molar-refractivity contribution in [2.75, 3.05) is 19.3 Å². The van der Waals surface area contributed by atoms with Crippen molar-refractivity contribution < 1.29 is 12.8 Å². The van der Waals surface area contributed by atoms with Gasteiger partial charge in [-0.2, -0.15) is 11.8 Å². The van der Waals surface area contributed by atoms with Crippen LogP contribution in [-0.2, 0) is 16.6 Å². The number of thioether (sulfide) groups is 1. The predicted octanol–water partition coefficient (Wildman–Crippen LogP) is 2.11. The molecule has 1 aliphatic rings. The molecule has 1 unspecified atom stereocenters. The molecule has 1 atom stereocenters. The quantitative estimate of drug-likeness (QED) is 0.838. The Balaban J connectivity index is 2.12. The fourth-order valence-corrected chi connectivity index (χ4v) is 5.04. The third-order valence-corrected chi connectivity index (χ3v) is 6.36. The van der Waals surface area contributed by atoms with Gasteiger partial charge in [0.1, 0.15) is 5.82 Å². The molecule has 0 aliphatic carbocycles. The van der Waals surface area contributed by atoms with Gasteiger partial charge in [0.25, 0.3) is 0 Å². The van der Waals surface area contributed by atoms with Crippen LogP contribution in [-0.4, -0.2) is 33.0 Å².